The van der Waals surface area contributed by atoms with Gasteiger partial charge >= 0.3 is 0 Å². The molecule has 0 aliphatic heterocycles. The highest BCUT2D eigenvalue weighted by atomic mass is 15.1. The Labute approximate surface area is 61.9 Å². The molecule has 10 heavy (non-hydrogen) atoms. The van der Waals surface area contributed by atoms with Crippen LogP contribution in [0.3, 0.4) is 0 Å². The molecule has 0 unspecified atom stereocenters. The highest BCUT2D eigenvalue weighted by molar-refractivity contribution is 4.73. The maximum absolute atomic E-state index is 3.14. The molecule has 1 rings (SSSR count). The van der Waals surface area contributed by atoms with Crippen LogP contribution in [0.1, 0.15) is 26.6 Å². The Morgan fingerprint density at radius 1 is 1.40 bits per heavy atom. The Morgan fingerprint density at radius 2 is 2.00 bits per heavy atom. The molecule has 2 heteroatoms. The molecule has 0 aliphatic carbocycles. The molecule has 0 aliphatic rings. The Kier molecular flexibility index (Phi) is 1.55. The lowest BCUT2D eigenvalue weighted by Crippen LogP contribution is -2.50. The van der Waals surface area contributed by atoms with E-state index in [4.69, 9.17) is 0 Å². The van der Waals surface area contributed by atoms with Crippen molar-refractivity contribution in [2.24, 2.45) is 0 Å². The van der Waals surface area contributed by atoms with Gasteiger partial charge in [0.15, 0.2) is 0 Å². The Hall–Kier alpha value is -0.790. The lowest BCUT2D eigenvalue weighted by molar-refractivity contribution is -0.758. The van der Waals surface area contributed by atoms with E-state index in [1.54, 1.807) is 0 Å². The van der Waals surface area contributed by atoms with Gasteiger partial charge in [-0.25, -0.2) is 9.55 Å². The van der Waals surface area contributed by atoms with Crippen molar-refractivity contribution in [2.45, 2.75) is 33.2 Å². The van der Waals surface area contributed by atoms with E-state index in [0.717, 1.165) is 0 Å². The van der Waals surface area contributed by atoms with Gasteiger partial charge in [-0.3, -0.25) is 0 Å². The second-order valence-electron chi connectivity index (χ2n) is 3.59. The van der Waals surface area contributed by atoms with E-state index in [1.165, 1.54) is 5.82 Å². The summed E-state index contributed by atoms with van der Waals surface area (Å²) in [5.41, 5.74) is 0.198. The molecule has 0 amide bonds. The maximum Gasteiger partial charge on any atom is 0.251 e. The second-order valence-corrected chi connectivity index (χ2v) is 3.59. The van der Waals surface area contributed by atoms with Crippen molar-refractivity contribution in [1.29, 1.82) is 0 Å². The molecule has 1 aromatic heterocycles. The first-order valence-corrected chi connectivity index (χ1v) is 3.58. The fourth-order valence-corrected chi connectivity index (χ4v) is 1.14. The van der Waals surface area contributed by atoms with E-state index >= 15 is 0 Å². The first kappa shape index (κ1) is 7.32. The predicted octanol–water partition coefficient (Wildman–Crippen LogP) is 1.37. The van der Waals surface area contributed by atoms with Gasteiger partial charge in [-0.2, -0.15) is 0 Å². The number of nitrogens with one attached hydrogen (secondary N) is 1. The van der Waals surface area contributed by atoms with Gasteiger partial charge in [0, 0.05) is 6.92 Å². The molecule has 1 aromatic rings. The molecule has 0 fully saturated rings. The van der Waals surface area contributed by atoms with Crippen LogP contribution in [0.15, 0.2) is 12.4 Å². The van der Waals surface area contributed by atoms with E-state index < -0.39 is 0 Å². The third kappa shape index (κ3) is 1.20. The van der Waals surface area contributed by atoms with Gasteiger partial charge in [0.1, 0.15) is 17.9 Å². The summed E-state index contributed by atoms with van der Waals surface area (Å²) in [6, 6.07) is 0. The van der Waals surface area contributed by atoms with E-state index in [9.17, 15) is 0 Å². The molecule has 1 N–H and O–H groups in total. The van der Waals surface area contributed by atoms with Crippen molar-refractivity contribution in [1.82, 2.24) is 4.98 Å². The number of nitrogens with zero attached hydrogens (tertiary/aromatic N) is 1. The van der Waals surface area contributed by atoms with Crippen molar-refractivity contribution < 1.29 is 4.57 Å². The molecule has 2 nitrogen and oxygen atoms in total. The number of H-pyrrole nitrogens is 1. The maximum atomic E-state index is 3.14. The molecule has 0 radical (unpaired) electrons. The zero-order chi connectivity index (χ0) is 7.78. The number of aromatic nitrogens is 2. The van der Waals surface area contributed by atoms with Crippen LogP contribution in [0.25, 0.3) is 0 Å². The quantitative estimate of drug-likeness (QED) is 0.524. The van der Waals surface area contributed by atoms with Gasteiger partial charge in [-0.05, 0) is 20.8 Å². The summed E-state index contributed by atoms with van der Waals surface area (Å²) in [6.45, 7) is 8.64. The second kappa shape index (κ2) is 2.11. The number of hydrogen-bond acceptors (Lipinski definition) is 0. The summed E-state index contributed by atoms with van der Waals surface area (Å²) >= 11 is 0. The van der Waals surface area contributed by atoms with Crippen LogP contribution in [0, 0.1) is 6.92 Å². The summed E-state index contributed by atoms with van der Waals surface area (Å²) in [5, 5.41) is 0. The molecule has 0 saturated carbocycles. The number of rotatable bonds is 0. The third-order valence-corrected chi connectivity index (χ3v) is 1.60. The average molecular weight is 139 g/mol. The average Bonchev–Trinajstić information content (AvgIpc) is 2.11. The topological polar surface area (TPSA) is 19.7 Å². The lowest BCUT2D eigenvalue weighted by Gasteiger charge is -2.14. The largest absolute Gasteiger partial charge is 0.251 e. The van der Waals surface area contributed by atoms with Gasteiger partial charge in [0.2, 0.25) is 0 Å². The lowest BCUT2D eigenvalue weighted by atomic mass is 10.1. The minimum absolute atomic E-state index is 0.198. The molecule has 0 saturated heterocycles. The Bertz CT molecular complexity index is 217. The van der Waals surface area contributed by atoms with Crippen molar-refractivity contribution in [2.75, 3.05) is 0 Å². The van der Waals surface area contributed by atoms with Gasteiger partial charge in [0.25, 0.3) is 5.82 Å². The fraction of sp³-hybridized carbons (Fsp3) is 0.625. The monoisotopic (exact) mass is 139 g/mol. The Balaban J connectivity index is 3.05. The summed E-state index contributed by atoms with van der Waals surface area (Å²) in [6.07, 6.45) is 4.02. The minimum Gasteiger partial charge on any atom is -0.248 e. The molecule has 0 atom stereocenters. The molecular formula is C8H15N2+. The van der Waals surface area contributed by atoms with Crippen molar-refractivity contribution in [3.63, 3.8) is 0 Å². The number of hydrogen-bond donors (Lipinski definition) is 1. The number of aryl methyl sites for hydroxylation is 1. The minimum atomic E-state index is 0.198. The van der Waals surface area contributed by atoms with Crippen molar-refractivity contribution in [3.05, 3.63) is 18.2 Å². The molecule has 0 bridgehead atoms. The zero-order valence-corrected chi connectivity index (χ0v) is 7.10. The summed E-state index contributed by atoms with van der Waals surface area (Å²) in [4.78, 5) is 3.14. The van der Waals surface area contributed by atoms with Crippen LogP contribution in [-0.2, 0) is 5.54 Å². The van der Waals surface area contributed by atoms with E-state index in [0.29, 0.717) is 0 Å². The van der Waals surface area contributed by atoms with Crippen LogP contribution < -0.4 is 4.57 Å². The van der Waals surface area contributed by atoms with E-state index in [-0.39, 0.29) is 5.54 Å². The third-order valence-electron chi connectivity index (χ3n) is 1.60. The van der Waals surface area contributed by atoms with Crippen LogP contribution in [-0.4, -0.2) is 4.98 Å². The Morgan fingerprint density at radius 3 is 2.20 bits per heavy atom. The highest BCUT2D eigenvalue weighted by Gasteiger charge is 2.20. The van der Waals surface area contributed by atoms with Gasteiger partial charge in [0.05, 0.1) is 0 Å². The van der Waals surface area contributed by atoms with Crippen LogP contribution >= 0.6 is 0 Å². The normalized spacial score (nSPS) is 12.0. The van der Waals surface area contributed by atoms with E-state index in [2.05, 4.69) is 43.4 Å². The fourth-order valence-electron chi connectivity index (χ4n) is 1.14. The van der Waals surface area contributed by atoms with E-state index in [1.807, 2.05) is 6.20 Å². The van der Waals surface area contributed by atoms with Crippen LogP contribution in [0.5, 0.6) is 0 Å². The highest BCUT2D eigenvalue weighted by Crippen LogP contribution is 2.03. The van der Waals surface area contributed by atoms with Crippen LogP contribution in [0.2, 0.25) is 0 Å². The standard InChI is InChI=1S/C8H14N2/c1-7-9-5-6-10(7)8(2,3)4/h5-6H,1-4H3/p+1. The smallest absolute Gasteiger partial charge is 0.248 e. The van der Waals surface area contributed by atoms with Crippen molar-refractivity contribution in [3.8, 4) is 0 Å². The first-order valence-electron chi connectivity index (χ1n) is 3.58. The van der Waals surface area contributed by atoms with Crippen molar-refractivity contribution >= 4 is 0 Å². The van der Waals surface area contributed by atoms with Crippen LogP contribution in [0.4, 0.5) is 0 Å². The molecule has 0 aromatic carbocycles. The molecule has 1 heterocycles. The first-order chi connectivity index (χ1) is 4.52. The van der Waals surface area contributed by atoms with Gasteiger partial charge in [-0.1, -0.05) is 0 Å². The van der Waals surface area contributed by atoms with Gasteiger partial charge in [-0.15, -0.1) is 0 Å². The SMILES string of the molecule is Cc1[nH]cc[n+]1C(C)(C)C. The number of imidazole rings is 1. The molecular weight excluding hydrogens is 124 g/mol. The summed E-state index contributed by atoms with van der Waals surface area (Å²) in [5.74, 6) is 1.20. The predicted molar refractivity (Wildman–Crippen MR) is 40.7 cm³/mol. The van der Waals surface area contributed by atoms with Gasteiger partial charge < -0.3 is 0 Å². The summed E-state index contributed by atoms with van der Waals surface area (Å²) in [7, 11) is 0. The molecule has 56 valence electrons. The molecule has 0 spiro atoms. The summed E-state index contributed by atoms with van der Waals surface area (Å²) < 4.78 is 2.22. The number of aromatic amines is 1. The zero-order valence-electron chi connectivity index (χ0n) is 7.10.